The molecule has 1 spiro atoms. The highest BCUT2D eigenvalue weighted by molar-refractivity contribution is 9.10. The molecule has 4 aromatic rings. The van der Waals surface area contributed by atoms with Crippen LogP contribution in [0.1, 0.15) is 49.2 Å². The van der Waals surface area contributed by atoms with Crippen LogP contribution < -0.4 is 5.32 Å². The first-order chi connectivity index (χ1) is 18.0. The van der Waals surface area contributed by atoms with Crippen molar-refractivity contribution in [2.45, 2.75) is 23.9 Å². The summed E-state index contributed by atoms with van der Waals surface area (Å²) in [7, 11) is 0. The van der Waals surface area contributed by atoms with Gasteiger partial charge < -0.3 is 4.98 Å². The Bertz CT molecular complexity index is 1500. The minimum atomic E-state index is -1.68. The Morgan fingerprint density at radius 1 is 1.00 bits per heavy atom. The van der Waals surface area contributed by atoms with E-state index in [1.54, 1.807) is 36.0 Å². The number of rotatable bonds is 6. The van der Waals surface area contributed by atoms with Gasteiger partial charge in [-0.1, -0.05) is 64.5 Å². The molecule has 186 valence electrons. The molecule has 2 N–H and O–H groups in total. The average molecular weight is 575 g/mol. The van der Waals surface area contributed by atoms with E-state index in [2.05, 4.69) is 31.2 Å². The number of halogens is 1. The molecule has 1 aliphatic heterocycles. The topological polar surface area (TPSA) is 91.9 Å². The molecule has 0 amide bonds. The van der Waals surface area contributed by atoms with Gasteiger partial charge in [-0.2, -0.15) is 11.8 Å². The molecule has 6 rings (SSSR count). The number of carbonyl (C=O) groups is 3. The predicted octanol–water partition coefficient (Wildman–Crippen LogP) is 5.45. The SMILES string of the molecule is CSCCC1NC2(C(=O)c3ccccc3C2=O)C(C(=O)c2nc3ccccc3[nH]2)C1c1cccc(Br)c1. The van der Waals surface area contributed by atoms with Crippen molar-refractivity contribution in [2.75, 3.05) is 12.0 Å². The Hall–Kier alpha value is -3.07. The van der Waals surface area contributed by atoms with Crippen LogP contribution in [0.15, 0.2) is 77.3 Å². The first-order valence-electron chi connectivity index (χ1n) is 12.2. The van der Waals surface area contributed by atoms with Gasteiger partial charge in [0.2, 0.25) is 5.78 Å². The van der Waals surface area contributed by atoms with E-state index in [-0.39, 0.29) is 29.2 Å². The maximum Gasteiger partial charge on any atom is 0.204 e. The molecular formula is C29H24BrN3O3S. The number of benzene rings is 3. The van der Waals surface area contributed by atoms with Crippen LogP contribution in [0.3, 0.4) is 0 Å². The quantitative estimate of drug-likeness (QED) is 0.235. The number of nitrogens with zero attached hydrogens (tertiary/aromatic N) is 1. The Morgan fingerprint density at radius 3 is 2.38 bits per heavy atom. The largest absolute Gasteiger partial charge is 0.335 e. The highest BCUT2D eigenvalue weighted by Gasteiger charge is 2.67. The summed E-state index contributed by atoms with van der Waals surface area (Å²) in [6.45, 7) is 0. The molecule has 1 saturated heterocycles. The third-order valence-electron chi connectivity index (χ3n) is 7.58. The number of imidazole rings is 1. The lowest BCUT2D eigenvalue weighted by Gasteiger charge is -2.29. The first kappa shape index (κ1) is 24.3. The lowest BCUT2D eigenvalue weighted by molar-refractivity contribution is 0.0653. The number of nitrogens with one attached hydrogen (secondary N) is 2. The first-order valence-corrected chi connectivity index (χ1v) is 14.3. The van der Waals surface area contributed by atoms with Crippen molar-refractivity contribution < 1.29 is 14.4 Å². The van der Waals surface area contributed by atoms with Gasteiger partial charge in [-0.3, -0.25) is 19.7 Å². The number of ketones is 3. The van der Waals surface area contributed by atoms with Gasteiger partial charge in [-0.15, -0.1) is 0 Å². The second-order valence-corrected chi connectivity index (χ2v) is 11.5. The lowest BCUT2D eigenvalue weighted by Crippen LogP contribution is -2.58. The Kier molecular flexibility index (Phi) is 6.13. The maximum absolute atomic E-state index is 14.5. The maximum atomic E-state index is 14.5. The summed E-state index contributed by atoms with van der Waals surface area (Å²) < 4.78 is 0.872. The summed E-state index contributed by atoms with van der Waals surface area (Å²) in [6.07, 6.45) is 2.72. The number of hydrogen-bond donors (Lipinski definition) is 2. The summed E-state index contributed by atoms with van der Waals surface area (Å²) in [5, 5.41) is 3.46. The second-order valence-electron chi connectivity index (χ2n) is 9.57. The number of aromatic nitrogens is 2. The predicted molar refractivity (Wildman–Crippen MR) is 149 cm³/mol. The van der Waals surface area contributed by atoms with Crippen molar-refractivity contribution in [2.24, 2.45) is 5.92 Å². The standard InChI is InChI=1S/C29H24BrN3O3S/c1-37-14-13-22-23(16-7-6-8-17(30)15-16)24(25(34)28-31-20-11-4-5-12-21(20)32-28)29(33-22)26(35)18-9-2-3-10-19(18)27(29)36/h2-12,15,22-24,33H,13-14H2,1H3,(H,31,32). The van der Waals surface area contributed by atoms with Crippen LogP contribution in [0.2, 0.25) is 0 Å². The molecule has 0 saturated carbocycles. The van der Waals surface area contributed by atoms with E-state index in [4.69, 9.17) is 0 Å². The fourth-order valence-corrected chi connectivity index (χ4v) is 6.91. The van der Waals surface area contributed by atoms with E-state index in [0.717, 1.165) is 21.3 Å². The third kappa shape index (κ3) is 3.73. The summed E-state index contributed by atoms with van der Waals surface area (Å²) in [5.74, 6) is -1.42. The zero-order valence-corrected chi connectivity index (χ0v) is 22.4. The van der Waals surface area contributed by atoms with E-state index in [9.17, 15) is 14.4 Å². The van der Waals surface area contributed by atoms with Crippen molar-refractivity contribution in [3.8, 4) is 0 Å². The molecule has 0 radical (unpaired) electrons. The molecule has 0 bridgehead atoms. The minimum Gasteiger partial charge on any atom is -0.335 e. The molecule has 2 aliphatic rings. The third-order valence-corrected chi connectivity index (χ3v) is 8.71. The van der Waals surface area contributed by atoms with Gasteiger partial charge >= 0.3 is 0 Å². The van der Waals surface area contributed by atoms with Gasteiger partial charge in [0.1, 0.15) is 0 Å². The smallest absolute Gasteiger partial charge is 0.204 e. The molecule has 3 atom stereocenters. The van der Waals surface area contributed by atoms with Crippen LogP contribution in [0.25, 0.3) is 11.0 Å². The van der Waals surface area contributed by atoms with E-state index >= 15 is 0 Å². The molecular weight excluding hydrogens is 550 g/mol. The molecule has 3 unspecified atom stereocenters. The second kappa shape index (κ2) is 9.35. The summed E-state index contributed by atoms with van der Waals surface area (Å²) in [6, 6.07) is 21.8. The number of H-pyrrole nitrogens is 1. The Balaban J connectivity index is 1.57. The summed E-state index contributed by atoms with van der Waals surface area (Å²) >= 11 is 5.26. The van der Waals surface area contributed by atoms with Crippen molar-refractivity contribution in [1.82, 2.24) is 15.3 Å². The van der Waals surface area contributed by atoms with E-state index in [0.29, 0.717) is 23.1 Å². The lowest BCUT2D eigenvalue weighted by atomic mass is 9.70. The average Bonchev–Trinajstić information content (AvgIpc) is 3.56. The Morgan fingerprint density at radius 2 is 1.70 bits per heavy atom. The van der Waals surface area contributed by atoms with Crippen LogP contribution in [-0.2, 0) is 0 Å². The molecule has 8 heteroatoms. The van der Waals surface area contributed by atoms with Crippen molar-refractivity contribution in [1.29, 1.82) is 0 Å². The molecule has 2 heterocycles. The zero-order valence-electron chi connectivity index (χ0n) is 20.0. The molecule has 37 heavy (non-hydrogen) atoms. The number of para-hydroxylation sites is 2. The number of fused-ring (bicyclic) bond motifs is 2. The molecule has 1 aliphatic carbocycles. The van der Waals surface area contributed by atoms with E-state index < -0.39 is 17.4 Å². The monoisotopic (exact) mass is 573 g/mol. The number of carbonyl (C=O) groups excluding carboxylic acids is 3. The van der Waals surface area contributed by atoms with Gasteiger partial charge in [0, 0.05) is 27.6 Å². The highest BCUT2D eigenvalue weighted by atomic mass is 79.9. The highest BCUT2D eigenvalue weighted by Crippen LogP contribution is 2.50. The van der Waals surface area contributed by atoms with Crippen molar-refractivity contribution in [3.05, 3.63) is 99.8 Å². The fourth-order valence-electron chi connectivity index (χ4n) is 6.01. The van der Waals surface area contributed by atoms with Crippen molar-refractivity contribution >= 4 is 56.1 Å². The number of hydrogen-bond acceptors (Lipinski definition) is 6. The zero-order chi connectivity index (χ0) is 25.7. The van der Waals surface area contributed by atoms with Crippen LogP contribution in [0, 0.1) is 5.92 Å². The van der Waals surface area contributed by atoms with Gasteiger partial charge in [0.05, 0.1) is 17.0 Å². The fraction of sp³-hybridized carbons (Fsp3) is 0.241. The molecule has 6 nitrogen and oxygen atoms in total. The summed E-state index contributed by atoms with van der Waals surface area (Å²) in [4.78, 5) is 50.4. The molecule has 3 aromatic carbocycles. The minimum absolute atomic E-state index is 0.162. The molecule has 1 aromatic heterocycles. The van der Waals surface area contributed by atoms with Crippen molar-refractivity contribution in [3.63, 3.8) is 0 Å². The van der Waals surface area contributed by atoms with Gasteiger partial charge in [-0.25, -0.2) is 4.98 Å². The summed E-state index contributed by atoms with van der Waals surface area (Å²) in [5.41, 5.74) is 1.33. The van der Waals surface area contributed by atoms with Crippen LogP contribution >= 0.6 is 27.7 Å². The van der Waals surface area contributed by atoms with Gasteiger partial charge in [0.25, 0.3) is 0 Å². The van der Waals surface area contributed by atoms with Crippen LogP contribution in [-0.4, -0.2) is 50.9 Å². The van der Waals surface area contributed by atoms with Crippen LogP contribution in [0.4, 0.5) is 0 Å². The van der Waals surface area contributed by atoms with Gasteiger partial charge in [0.15, 0.2) is 22.9 Å². The number of Topliss-reactive ketones (excluding diaryl/α,β-unsaturated/α-hetero) is 3. The Labute approximate surface area is 226 Å². The van der Waals surface area contributed by atoms with E-state index in [1.807, 2.05) is 54.8 Å². The van der Waals surface area contributed by atoms with Gasteiger partial charge in [-0.05, 0) is 48.3 Å². The normalized spacial score (nSPS) is 22.2. The number of aromatic amines is 1. The number of thioether (sulfide) groups is 1. The van der Waals surface area contributed by atoms with Crippen LogP contribution in [0.5, 0.6) is 0 Å². The van der Waals surface area contributed by atoms with E-state index in [1.165, 1.54) is 0 Å². The molecule has 1 fully saturated rings.